The van der Waals surface area contributed by atoms with Crippen molar-refractivity contribution in [2.45, 2.75) is 0 Å². The maximum atomic E-state index is 14.5. The van der Waals surface area contributed by atoms with E-state index in [1.807, 2.05) is 231 Å². The van der Waals surface area contributed by atoms with E-state index in [1.54, 1.807) is 24.3 Å². The monoisotopic (exact) mass is 962 g/mol. The van der Waals surface area contributed by atoms with Gasteiger partial charge in [0.2, 0.25) is 0 Å². The zero-order valence-corrected chi connectivity index (χ0v) is 36.7. The Kier molecular flexibility index (Phi) is 18.5. The zero-order valence-electron chi connectivity index (χ0n) is 32.0. The molecule has 4 aliphatic carbocycles. The molecule has 7 heteroatoms. The van der Waals surface area contributed by atoms with Crippen molar-refractivity contribution in [3.63, 3.8) is 0 Å². The molecule has 4 aliphatic rings. The van der Waals surface area contributed by atoms with Crippen molar-refractivity contribution >= 4 is 40.7 Å². The third kappa shape index (κ3) is 11.2. The minimum atomic E-state index is -6.06. The van der Waals surface area contributed by atoms with E-state index in [9.17, 15) is 9.59 Å². The maximum absolute atomic E-state index is 14.5. The van der Waals surface area contributed by atoms with Crippen molar-refractivity contribution in [1.82, 2.24) is 0 Å². The van der Waals surface area contributed by atoms with Gasteiger partial charge in [0.15, 0.2) is 0 Å². The summed E-state index contributed by atoms with van der Waals surface area (Å²) in [5.41, 5.74) is 2.69. The van der Waals surface area contributed by atoms with Crippen LogP contribution in [-0.4, -0.2) is 30.2 Å². The molecule has 0 atom stereocenters. The van der Waals surface area contributed by atoms with Crippen LogP contribution >= 0.6 is 0 Å². The summed E-state index contributed by atoms with van der Waals surface area (Å²) in [7, 11) is 0. The molecule has 0 unspecified atom stereocenters. The van der Waals surface area contributed by atoms with E-state index >= 15 is 0 Å². The maximum Gasteiger partial charge on any atom is 2.00 e. The Labute approximate surface area is 376 Å². The molecular formula is C52H41Fe2O4Sb+4. The Hall–Kier alpha value is -3.10. The summed E-state index contributed by atoms with van der Waals surface area (Å²) in [5.74, 6) is 0.976. The van der Waals surface area contributed by atoms with Gasteiger partial charge in [-0.25, -0.2) is 0 Å². The standard InChI is InChI=1S/2C12H9O2.3C6H5.2C5H5.2Fe.Sb/c2*13-12(14)11-7-5-10(6-8-11)9-3-1-2-4-9;3*1-2-4-6-5-3-1;2*1-2-4-5-3-1;;;/h2*1-8H,(H,13,14);3*1-5H;2*1-5H;;;/q;;;;;;;3*+2/p-2. The van der Waals surface area contributed by atoms with Gasteiger partial charge in [-0.2, -0.15) is 0 Å². The van der Waals surface area contributed by atoms with E-state index in [0.717, 1.165) is 23.0 Å². The number of benzene rings is 5. The van der Waals surface area contributed by atoms with Crippen LogP contribution in [0.5, 0.6) is 0 Å². The summed E-state index contributed by atoms with van der Waals surface area (Å²) in [5, 5.41) is 0. The Morgan fingerprint density at radius 2 is 0.576 bits per heavy atom. The molecule has 5 aromatic carbocycles. The molecule has 290 valence electrons. The molecule has 0 N–H and O–H groups in total. The molecule has 9 rings (SSSR count). The van der Waals surface area contributed by atoms with Crippen LogP contribution in [0.2, 0.25) is 0 Å². The SMILES string of the molecule is O=C([O][Sb]([O]C(=O)c1ccc([C]2[CH][CH][CH][CH]2)cc1)([c]1ccccc1)([c]1ccccc1)[c]1ccccc1)c1ccc([C]2[CH][CH][CH][CH]2)cc1.[CH]1[CH][CH][CH][CH]1.[CH]1[CH][CH][CH][CH]1.[Fe+2].[Fe+2]. The predicted molar refractivity (Wildman–Crippen MR) is 230 cm³/mol. The minimum Gasteiger partial charge on any atom is -0.0312 e. The van der Waals surface area contributed by atoms with Gasteiger partial charge in [0.1, 0.15) is 0 Å². The van der Waals surface area contributed by atoms with Crippen molar-refractivity contribution < 1.29 is 49.8 Å². The molecule has 0 aliphatic heterocycles. The van der Waals surface area contributed by atoms with Gasteiger partial charge in [-0.15, -0.1) is 0 Å². The van der Waals surface area contributed by atoms with Crippen molar-refractivity contribution in [1.29, 1.82) is 0 Å². The van der Waals surface area contributed by atoms with E-state index in [2.05, 4.69) is 0 Å². The van der Waals surface area contributed by atoms with Crippen LogP contribution in [-0.2, 0) is 40.2 Å². The molecule has 0 saturated heterocycles. The topological polar surface area (TPSA) is 52.6 Å². The van der Waals surface area contributed by atoms with Crippen LogP contribution in [0.25, 0.3) is 0 Å². The van der Waals surface area contributed by atoms with Gasteiger partial charge < -0.3 is 0 Å². The molecule has 20 radical (unpaired) electrons. The molecule has 0 amide bonds. The number of rotatable bonds is 9. The molecule has 0 heterocycles. The fourth-order valence-electron chi connectivity index (χ4n) is 6.67. The van der Waals surface area contributed by atoms with Crippen molar-refractivity contribution in [3.8, 4) is 0 Å². The summed E-state index contributed by atoms with van der Waals surface area (Å²) in [4.78, 5) is 29.0. The second-order valence-electron chi connectivity index (χ2n) is 13.1. The quantitative estimate of drug-likeness (QED) is 0.140. The van der Waals surface area contributed by atoms with E-state index in [1.165, 1.54) is 0 Å². The van der Waals surface area contributed by atoms with Crippen LogP contribution in [0.3, 0.4) is 0 Å². The summed E-state index contributed by atoms with van der Waals surface area (Å²) < 4.78 is 16.0. The average Bonchev–Trinajstić information content (AvgIpc) is 4.15. The molecule has 5 aromatic rings. The summed E-state index contributed by atoms with van der Waals surface area (Å²) in [6, 6.07) is 43.1. The van der Waals surface area contributed by atoms with Gasteiger partial charge in [0.05, 0.1) is 0 Å². The largest absolute Gasteiger partial charge is 2.00 e. The summed E-state index contributed by atoms with van der Waals surface area (Å²) in [6.45, 7) is 0. The Bertz CT molecular complexity index is 1780. The first-order valence-electron chi connectivity index (χ1n) is 18.7. The summed E-state index contributed by atoms with van der Waals surface area (Å²) >= 11 is -6.06. The molecule has 0 aromatic heterocycles. The second-order valence-corrected chi connectivity index (χ2v) is 24.1. The van der Waals surface area contributed by atoms with Crippen LogP contribution in [0.4, 0.5) is 0 Å². The van der Waals surface area contributed by atoms with Crippen molar-refractivity contribution in [2.24, 2.45) is 0 Å². The first-order valence-corrected chi connectivity index (χ1v) is 24.6. The average molecular weight is 963 g/mol. The number of carbonyl (C=O) groups excluding carboxylic acids is 2. The number of hydrogen-bond acceptors (Lipinski definition) is 4. The number of hydrogen-bond donors (Lipinski definition) is 0. The van der Waals surface area contributed by atoms with Crippen molar-refractivity contribution in [3.05, 3.63) is 289 Å². The van der Waals surface area contributed by atoms with Gasteiger partial charge in [-0.3, -0.25) is 0 Å². The van der Waals surface area contributed by atoms with Crippen LogP contribution in [0.1, 0.15) is 31.8 Å². The smallest absolute Gasteiger partial charge is 0.0312 e. The fourth-order valence-corrected chi connectivity index (χ4v) is 19.7. The molecule has 59 heavy (non-hydrogen) atoms. The van der Waals surface area contributed by atoms with E-state index in [0.29, 0.717) is 21.7 Å². The van der Waals surface area contributed by atoms with Crippen LogP contribution < -0.4 is 10.5 Å². The predicted octanol–water partition coefficient (Wildman–Crippen LogP) is 8.36. The minimum absolute atomic E-state index is 0. The zero-order chi connectivity index (χ0) is 39.2. The van der Waals surface area contributed by atoms with Gasteiger partial charge in [-0.1, -0.05) is 0 Å². The molecule has 4 saturated carbocycles. The second kappa shape index (κ2) is 23.2. The third-order valence-electron chi connectivity index (χ3n) is 9.53. The van der Waals surface area contributed by atoms with Gasteiger partial charge in [0, 0.05) is 0 Å². The van der Waals surface area contributed by atoms with Gasteiger partial charge in [-0.05, 0) is 64.2 Å². The Morgan fingerprint density at radius 3 is 0.831 bits per heavy atom. The Morgan fingerprint density at radius 1 is 0.322 bits per heavy atom. The fraction of sp³-hybridized carbons (Fsp3) is 0. The van der Waals surface area contributed by atoms with Crippen LogP contribution in [0.15, 0.2) is 140 Å². The molecule has 4 nitrogen and oxygen atoms in total. The third-order valence-corrected chi connectivity index (χ3v) is 23.1. The molecular weight excluding hydrogens is 922 g/mol. The van der Waals surface area contributed by atoms with Crippen LogP contribution in [0, 0.1) is 127 Å². The van der Waals surface area contributed by atoms with E-state index in [4.69, 9.17) is 6.03 Å². The van der Waals surface area contributed by atoms with E-state index in [-0.39, 0.29) is 34.1 Å². The van der Waals surface area contributed by atoms with Gasteiger partial charge >= 0.3 is 315 Å². The van der Waals surface area contributed by atoms with Crippen molar-refractivity contribution in [2.75, 3.05) is 0 Å². The summed E-state index contributed by atoms with van der Waals surface area (Å²) in [6.07, 6.45) is 36.0. The first kappa shape index (κ1) is 47.0. The Balaban J connectivity index is 0.000000483. The molecule has 0 bridgehead atoms. The molecule has 0 spiro atoms. The van der Waals surface area contributed by atoms with E-state index < -0.39 is 30.2 Å². The first-order chi connectivity index (χ1) is 28.1. The normalized spacial score (nSPS) is 17.1. The van der Waals surface area contributed by atoms with Gasteiger partial charge in [0.25, 0.3) is 0 Å². The molecule has 4 fully saturated rings. The number of carbonyl (C=O) groups is 2.